The molecule has 30 nitrogen and oxygen atoms in total. The molecule has 0 radical (unpaired) electrons. The first kappa shape index (κ1) is 89.5. The zero-order valence-electron chi connectivity index (χ0n) is 68.0. The Balaban J connectivity index is 0.000000235. The van der Waals surface area contributed by atoms with Crippen molar-refractivity contribution in [3.8, 4) is 68.3 Å². The maximum Gasteiger partial charge on any atom is 0.322 e. The van der Waals surface area contributed by atoms with E-state index < -0.39 is 73.4 Å². The third-order valence-corrected chi connectivity index (χ3v) is 20.3. The first-order valence-corrected chi connectivity index (χ1v) is 39.3. The molecule has 3 saturated carbocycles. The molecular formula is C83H118N12O18. The topological polar surface area (TPSA) is 395 Å². The van der Waals surface area contributed by atoms with E-state index in [1.54, 1.807) is 60.9 Å². The van der Waals surface area contributed by atoms with Crippen LogP contribution in [0.5, 0.6) is 34.5 Å². The molecule has 5 atom stereocenters. The van der Waals surface area contributed by atoms with Crippen molar-refractivity contribution < 1.29 is 86.9 Å². The van der Waals surface area contributed by atoms with E-state index in [-0.39, 0.29) is 89.9 Å². The largest absolute Gasteiger partial charge is 0.496 e. The summed E-state index contributed by atoms with van der Waals surface area (Å²) in [4.78, 5) is 110. The fraction of sp³-hybridized carbons (Fsp3) is 0.566. The van der Waals surface area contributed by atoms with E-state index in [4.69, 9.17) is 59.0 Å². The molecule has 0 saturated heterocycles. The van der Waals surface area contributed by atoms with Crippen LogP contribution in [0.2, 0.25) is 0 Å². The maximum atomic E-state index is 13.5. The summed E-state index contributed by atoms with van der Waals surface area (Å²) in [7, 11) is 9.59. The van der Waals surface area contributed by atoms with Crippen LogP contribution in [0.4, 0.5) is 0 Å². The lowest BCUT2D eigenvalue weighted by Crippen LogP contribution is -2.41. The van der Waals surface area contributed by atoms with Gasteiger partial charge in [-0.05, 0) is 155 Å². The van der Waals surface area contributed by atoms with Crippen LogP contribution in [-0.4, -0.2) is 178 Å². The lowest BCUT2D eigenvalue weighted by molar-refractivity contribution is -0.138. The number of aromatic nitrogens is 6. The van der Waals surface area contributed by atoms with E-state index in [9.17, 15) is 43.2 Å². The van der Waals surface area contributed by atoms with Crippen LogP contribution >= 0.6 is 0 Å². The number of carboxylic acid groups (broad SMARTS) is 3. The molecule has 0 spiro atoms. The van der Waals surface area contributed by atoms with Gasteiger partial charge < -0.3 is 75.6 Å². The Morgan fingerprint density at radius 2 is 0.673 bits per heavy atom. The van der Waals surface area contributed by atoms with Gasteiger partial charge in [0.15, 0.2) is 17.1 Å². The van der Waals surface area contributed by atoms with Crippen molar-refractivity contribution in [1.29, 1.82) is 0 Å². The summed E-state index contributed by atoms with van der Waals surface area (Å²) >= 11 is 0. The monoisotopic (exact) mass is 1570 g/mol. The summed E-state index contributed by atoms with van der Waals surface area (Å²) in [6.07, 6.45) is 15.1. The Morgan fingerprint density at radius 1 is 0.389 bits per heavy atom. The molecule has 3 aromatic heterocycles. The minimum atomic E-state index is -1.12. The fourth-order valence-electron chi connectivity index (χ4n) is 15.1. The van der Waals surface area contributed by atoms with Crippen LogP contribution in [0.15, 0.2) is 72.8 Å². The predicted octanol–water partition coefficient (Wildman–Crippen LogP) is 11.9. The maximum absolute atomic E-state index is 13.5. The van der Waals surface area contributed by atoms with Crippen molar-refractivity contribution in [3.05, 3.63) is 89.9 Å². The summed E-state index contributed by atoms with van der Waals surface area (Å²) in [6, 6.07) is 20.9. The molecule has 0 bridgehead atoms. The lowest BCUT2D eigenvalue weighted by Gasteiger charge is -2.28. The van der Waals surface area contributed by atoms with E-state index >= 15 is 0 Å². The van der Waals surface area contributed by atoms with E-state index in [1.807, 2.05) is 110 Å². The number of amides is 6. The highest BCUT2D eigenvalue weighted by Gasteiger charge is 2.34. The molecule has 6 amide bonds. The predicted molar refractivity (Wildman–Crippen MR) is 426 cm³/mol. The van der Waals surface area contributed by atoms with Gasteiger partial charge in [0.1, 0.15) is 54.1 Å². The molecule has 3 aliphatic rings. The number of nitrogens with one attached hydrogen (secondary N) is 6. The highest BCUT2D eigenvalue weighted by atomic mass is 16.5. The molecule has 3 aromatic carbocycles. The Bertz CT molecular complexity index is 4100. The van der Waals surface area contributed by atoms with Gasteiger partial charge in [0.25, 0.3) is 17.7 Å². The molecule has 0 aliphatic heterocycles. The highest BCUT2D eigenvalue weighted by Crippen LogP contribution is 2.46. The van der Waals surface area contributed by atoms with Crippen LogP contribution in [0, 0.1) is 29.6 Å². The van der Waals surface area contributed by atoms with Crippen LogP contribution in [0.1, 0.15) is 227 Å². The van der Waals surface area contributed by atoms with Crippen molar-refractivity contribution in [2.75, 3.05) is 62.3 Å². The van der Waals surface area contributed by atoms with Gasteiger partial charge in [0.2, 0.25) is 17.7 Å². The first-order valence-electron chi connectivity index (χ1n) is 39.3. The summed E-state index contributed by atoms with van der Waals surface area (Å²) in [5.41, 5.74) is 5.14. The molecule has 9 rings (SSSR count). The molecule has 3 aliphatic carbocycles. The Labute approximate surface area is 662 Å². The van der Waals surface area contributed by atoms with Crippen molar-refractivity contribution in [3.63, 3.8) is 0 Å². The molecule has 6 aromatic rings. The summed E-state index contributed by atoms with van der Waals surface area (Å²) in [5, 5.41) is 56.8. The van der Waals surface area contributed by atoms with Crippen LogP contribution in [-0.2, 0) is 28.8 Å². The van der Waals surface area contributed by atoms with Gasteiger partial charge in [0.05, 0.1) is 94.6 Å². The molecular weight excluding hydrogens is 1450 g/mol. The number of aliphatic carboxylic acids is 3. The minimum absolute atomic E-state index is 0.0201. The van der Waals surface area contributed by atoms with Crippen molar-refractivity contribution in [2.45, 2.75) is 214 Å². The normalized spacial score (nSPS) is 17.0. The summed E-state index contributed by atoms with van der Waals surface area (Å²) in [6.45, 7) is 15.1. The van der Waals surface area contributed by atoms with Gasteiger partial charge in [-0.2, -0.15) is 15.3 Å². The van der Waals surface area contributed by atoms with Gasteiger partial charge in [-0.1, -0.05) is 106 Å². The number of nitrogens with zero attached hydrogens (tertiary/aromatic N) is 6. The standard InChI is InChI=1S/2C28H40N4O6.C27H38N4O6/c1-17(2)12-19(14-25(33)29-16-26(34)35)30-28(36)21-15-22(27-23(37-4)10-7-11-24(27)38-5)32(31-21)20-9-6-8-18(3)13-20;1-17(2)13-19(14-25(33)29-16-26(34)35)30-28(36)21-15-22(27-23(37-4)7-6-8-24(27)38-5)32(31-21)20-11-9-18(3)10-12-20;1-17(2)13-18(14-24(32)28-16-25(33)34)29-27(35)20-15-21(31(30-20)19-9-6-5-7-10-19)26-22(36-3)11-8-12-23(26)37-4/h7,10-11,15,17-20H,6,8-9,12-14,16H2,1-5H3,(H,29,33)(H,30,36)(H,34,35);6-8,15,17-20H,9-14,16H2,1-5H3,(H,29,33)(H,30,36)(H,34,35);8,11-12,15,17-19H,5-7,9-10,13-14,16H2,1-4H3,(H,28,32)(H,29,35)(H,33,34)/t2*18?,19-,20?;18-/m000/s1. The second kappa shape index (κ2) is 43.9. The molecule has 3 fully saturated rings. The SMILES string of the molecule is COc1cccc(OC)c1-c1cc(C(=O)N[C@H](CC(=O)NCC(=O)O)CC(C)C)nn1C1CCC(C)CC1.COc1cccc(OC)c1-c1cc(C(=O)N[C@H](CC(=O)NCC(=O)O)CC(C)C)nn1C1CCCC(C)C1.COc1cccc(OC)c1-c1cc(C(=O)N[C@H](CC(=O)NCC(=O)O)CC(C)C)nn1C1CCCCC1. The smallest absolute Gasteiger partial charge is 0.322 e. The zero-order valence-corrected chi connectivity index (χ0v) is 68.0. The van der Waals surface area contributed by atoms with E-state index in [2.05, 4.69) is 45.7 Å². The van der Waals surface area contributed by atoms with Crippen LogP contribution in [0.3, 0.4) is 0 Å². The number of hydrogen-bond donors (Lipinski definition) is 9. The minimum Gasteiger partial charge on any atom is -0.496 e. The zero-order chi connectivity index (χ0) is 82.6. The second-order valence-corrected chi connectivity index (χ2v) is 30.8. The molecule has 9 N–H and O–H groups in total. The third-order valence-electron chi connectivity index (χ3n) is 20.3. The second-order valence-electron chi connectivity index (χ2n) is 30.8. The van der Waals surface area contributed by atoms with Gasteiger partial charge >= 0.3 is 17.9 Å². The van der Waals surface area contributed by atoms with Gasteiger partial charge in [-0.15, -0.1) is 0 Å². The van der Waals surface area contributed by atoms with E-state index in [0.29, 0.717) is 65.6 Å². The number of carboxylic acids is 3. The van der Waals surface area contributed by atoms with Crippen molar-refractivity contribution >= 4 is 53.4 Å². The average molecular weight is 1570 g/mol. The quantitative estimate of drug-likeness (QED) is 0.0176. The van der Waals surface area contributed by atoms with Crippen LogP contribution in [0.25, 0.3) is 33.8 Å². The lowest BCUT2D eigenvalue weighted by atomic mass is 9.87. The van der Waals surface area contributed by atoms with Gasteiger partial charge in [-0.3, -0.25) is 57.2 Å². The number of ether oxygens (including phenoxy) is 6. The fourth-order valence-corrected chi connectivity index (χ4v) is 15.1. The number of rotatable bonds is 36. The Morgan fingerprint density at radius 3 is 0.947 bits per heavy atom. The molecule has 618 valence electrons. The molecule has 30 heteroatoms. The molecule has 2 unspecified atom stereocenters. The summed E-state index contributed by atoms with van der Waals surface area (Å²) < 4.78 is 39.7. The average Bonchev–Trinajstić information content (AvgIpc) is 1.67. The first-order chi connectivity index (χ1) is 54.0. The molecule has 3 heterocycles. The summed E-state index contributed by atoms with van der Waals surface area (Å²) in [5.74, 6) is -0.268. The van der Waals surface area contributed by atoms with Crippen molar-refractivity contribution in [2.24, 2.45) is 29.6 Å². The highest BCUT2D eigenvalue weighted by molar-refractivity contribution is 5.97. The van der Waals surface area contributed by atoms with Gasteiger partial charge in [-0.25, -0.2) is 0 Å². The van der Waals surface area contributed by atoms with E-state index in [1.165, 1.54) is 12.8 Å². The number of hydrogen-bond acceptors (Lipinski definition) is 18. The van der Waals surface area contributed by atoms with Crippen molar-refractivity contribution in [1.82, 2.24) is 61.2 Å². The Hall–Kier alpha value is -10.7. The number of methoxy groups -OCH3 is 6. The number of carbonyl (C=O) groups is 9. The number of carbonyl (C=O) groups excluding carboxylic acids is 6. The van der Waals surface area contributed by atoms with Crippen LogP contribution < -0.4 is 60.3 Å². The van der Waals surface area contributed by atoms with E-state index in [0.717, 1.165) is 104 Å². The van der Waals surface area contributed by atoms with Gasteiger partial charge in [0, 0.05) is 37.4 Å². The Kier molecular flexibility index (Phi) is 34.8. The number of benzene rings is 3. The third kappa shape index (κ3) is 26.5. The molecule has 113 heavy (non-hydrogen) atoms.